The monoisotopic (exact) mass is 374 g/mol. The van der Waals surface area contributed by atoms with Gasteiger partial charge in [0.05, 0.1) is 10.7 Å². The molecule has 0 saturated carbocycles. The van der Waals surface area contributed by atoms with Crippen molar-refractivity contribution in [2.75, 3.05) is 16.8 Å². The third-order valence-corrected chi connectivity index (χ3v) is 3.95. The molecular weight excluding hydrogens is 366 g/mol. The Morgan fingerprint density at radius 3 is 2.62 bits per heavy atom. The van der Waals surface area contributed by atoms with Crippen LogP contribution >= 0.6 is 11.6 Å². The van der Waals surface area contributed by atoms with Crippen LogP contribution in [0.1, 0.15) is 22.7 Å². The van der Waals surface area contributed by atoms with Crippen molar-refractivity contribution in [1.82, 2.24) is 10.3 Å². The first kappa shape index (κ1) is 17.2. The number of hydrogen-bond acceptors (Lipinski definition) is 8. The molecule has 1 unspecified atom stereocenters. The number of nitriles is 2. The average Bonchev–Trinajstić information content (AvgIpc) is 2.59. The highest BCUT2D eigenvalue weighted by Gasteiger charge is 2.30. The summed E-state index contributed by atoms with van der Waals surface area (Å²) in [6, 6.07) is 2.91. The number of fused-ring (bicyclic) bond motifs is 1. The highest BCUT2D eigenvalue weighted by molar-refractivity contribution is 6.30. The number of pyridine rings is 1. The van der Waals surface area contributed by atoms with E-state index in [1.54, 1.807) is 6.19 Å². The molecule has 1 aliphatic heterocycles. The summed E-state index contributed by atoms with van der Waals surface area (Å²) in [6.07, 6.45) is 1.68. The number of benzene rings is 1. The fraction of sp³-hybridized carbons (Fsp3) is 0.0667. The topological polar surface area (TPSA) is 149 Å². The highest BCUT2D eigenvalue weighted by Crippen LogP contribution is 2.41. The zero-order valence-corrected chi connectivity index (χ0v) is 13.6. The number of rotatable bonds is 1. The van der Waals surface area contributed by atoms with Crippen molar-refractivity contribution < 1.29 is 8.78 Å². The van der Waals surface area contributed by atoms with Gasteiger partial charge in [-0.05, 0) is 17.7 Å². The molecule has 1 aromatic heterocycles. The lowest BCUT2D eigenvalue weighted by Gasteiger charge is -2.26. The number of nitrogen functional groups attached to an aromatic ring is 2. The standard InChI is InChI=1S/C15H9ClF2N8/c16-7-1-5(2-8(17)10(7)18)12-9-11(21)6(3-19)13(22)25-14(9)26-15(24-12)23-4-20/h1-2,12H,(H6,21,22,23,24,25,26). The Kier molecular flexibility index (Phi) is 4.20. The molecule has 0 bridgehead atoms. The second-order valence-electron chi connectivity index (χ2n) is 5.20. The van der Waals surface area contributed by atoms with Gasteiger partial charge in [-0.2, -0.15) is 10.5 Å². The lowest BCUT2D eigenvalue weighted by atomic mass is 9.95. The molecular formula is C15H9ClF2N8. The van der Waals surface area contributed by atoms with Crippen LogP contribution in [0.25, 0.3) is 0 Å². The number of aromatic nitrogens is 1. The molecule has 0 aliphatic carbocycles. The lowest BCUT2D eigenvalue weighted by molar-refractivity contribution is 0.506. The van der Waals surface area contributed by atoms with Crippen molar-refractivity contribution >= 4 is 34.9 Å². The third kappa shape index (κ3) is 2.68. The van der Waals surface area contributed by atoms with Crippen LogP contribution in [0.3, 0.4) is 0 Å². The first-order chi connectivity index (χ1) is 12.4. The molecule has 1 atom stereocenters. The lowest BCUT2D eigenvalue weighted by Crippen LogP contribution is -2.32. The van der Waals surface area contributed by atoms with Crippen LogP contribution in [-0.2, 0) is 0 Å². The molecule has 1 aromatic carbocycles. The minimum absolute atomic E-state index is 0.0122. The van der Waals surface area contributed by atoms with E-state index in [1.165, 1.54) is 6.07 Å². The maximum atomic E-state index is 13.8. The van der Waals surface area contributed by atoms with Gasteiger partial charge in [-0.25, -0.2) is 18.8 Å². The highest BCUT2D eigenvalue weighted by atomic mass is 35.5. The Morgan fingerprint density at radius 1 is 1.27 bits per heavy atom. The summed E-state index contributed by atoms with van der Waals surface area (Å²) in [5.74, 6) is -2.40. The number of guanidine groups is 1. The van der Waals surface area contributed by atoms with Gasteiger partial charge in [-0.15, -0.1) is 0 Å². The van der Waals surface area contributed by atoms with Crippen LogP contribution in [0, 0.1) is 34.4 Å². The molecule has 0 amide bonds. The van der Waals surface area contributed by atoms with E-state index >= 15 is 0 Å². The van der Waals surface area contributed by atoms with E-state index in [0.29, 0.717) is 0 Å². The Bertz CT molecular complexity index is 1010. The van der Waals surface area contributed by atoms with Gasteiger partial charge in [-0.1, -0.05) is 11.6 Å². The molecule has 2 heterocycles. The summed E-state index contributed by atoms with van der Waals surface area (Å²) in [7, 11) is 0. The summed E-state index contributed by atoms with van der Waals surface area (Å²) in [4.78, 5) is 8.26. The molecule has 11 heteroatoms. The van der Waals surface area contributed by atoms with Crippen LogP contribution in [0.2, 0.25) is 5.02 Å². The second-order valence-corrected chi connectivity index (χ2v) is 5.61. The van der Waals surface area contributed by atoms with Crippen molar-refractivity contribution in [2.24, 2.45) is 4.99 Å². The van der Waals surface area contributed by atoms with E-state index in [1.807, 2.05) is 6.07 Å². The first-order valence-corrected chi connectivity index (χ1v) is 7.38. The van der Waals surface area contributed by atoms with Gasteiger partial charge >= 0.3 is 0 Å². The van der Waals surface area contributed by atoms with Gasteiger partial charge in [0, 0.05) is 5.56 Å². The zero-order valence-electron chi connectivity index (χ0n) is 12.8. The third-order valence-electron chi connectivity index (χ3n) is 3.68. The van der Waals surface area contributed by atoms with Gasteiger partial charge in [0.15, 0.2) is 17.8 Å². The molecule has 2 aromatic rings. The zero-order chi connectivity index (χ0) is 19.0. The number of hydrogen-bond donors (Lipinski definition) is 4. The van der Waals surface area contributed by atoms with Crippen LogP contribution in [-0.4, -0.2) is 10.9 Å². The summed E-state index contributed by atoms with van der Waals surface area (Å²) >= 11 is 5.72. The molecule has 6 N–H and O–H groups in total. The molecule has 0 fully saturated rings. The SMILES string of the molecule is N#CNC1=NC(c2cc(F)c(F)c(Cl)c2)c2c(nc(N)c(C#N)c2N)N1. The molecule has 3 rings (SSSR count). The van der Waals surface area contributed by atoms with Crippen molar-refractivity contribution in [3.05, 3.63) is 45.5 Å². The number of nitrogens with two attached hydrogens (primary N) is 2. The quantitative estimate of drug-likeness (QED) is 0.338. The van der Waals surface area contributed by atoms with Crippen molar-refractivity contribution in [3.63, 3.8) is 0 Å². The summed E-state index contributed by atoms with van der Waals surface area (Å²) in [6.45, 7) is 0. The van der Waals surface area contributed by atoms with Gasteiger partial charge in [-0.3, -0.25) is 5.32 Å². The van der Waals surface area contributed by atoms with Gasteiger partial charge in [0.1, 0.15) is 29.3 Å². The molecule has 26 heavy (non-hydrogen) atoms. The first-order valence-electron chi connectivity index (χ1n) is 7.00. The van der Waals surface area contributed by atoms with Gasteiger partial charge in [0.25, 0.3) is 0 Å². The number of nitrogens with one attached hydrogen (secondary N) is 2. The smallest absolute Gasteiger partial charge is 0.211 e. The van der Waals surface area contributed by atoms with E-state index in [0.717, 1.165) is 6.07 Å². The van der Waals surface area contributed by atoms with Crippen molar-refractivity contribution in [1.29, 1.82) is 10.5 Å². The summed E-state index contributed by atoms with van der Waals surface area (Å²) in [5.41, 5.74) is 12.0. The number of halogens is 3. The fourth-order valence-corrected chi connectivity index (χ4v) is 2.77. The molecule has 8 nitrogen and oxygen atoms in total. The van der Waals surface area contributed by atoms with Gasteiger partial charge in [0.2, 0.25) is 5.96 Å². The predicted molar refractivity (Wildman–Crippen MR) is 90.8 cm³/mol. The predicted octanol–water partition coefficient (Wildman–Crippen LogP) is 1.99. The fourth-order valence-electron chi connectivity index (χ4n) is 2.56. The Hall–Kier alpha value is -3.63. The number of anilines is 3. The van der Waals surface area contributed by atoms with Crippen LogP contribution < -0.4 is 22.1 Å². The normalized spacial score (nSPS) is 15.1. The maximum absolute atomic E-state index is 13.8. The summed E-state index contributed by atoms with van der Waals surface area (Å²) in [5, 5.41) is 22.6. The van der Waals surface area contributed by atoms with E-state index in [-0.39, 0.29) is 40.0 Å². The van der Waals surface area contributed by atoms with E-state index in [4.69, 9.17) is 28.3 Å². The molecule has 130 valence electrons. The number of aliphatic imine (C=N–C) groups is 1. The molecule has 0 saturated heterocycles. The Balaban J connectivity index is 2.28. The second kappa shape index (κ2) is 6.35. The van der Waals surface area contributed by atoms with E-state index < -0.39 is 22.7 Å². The van der Waals surface area contributed by atoms with Crippen LogP contribution in [0.5, 0.6) is 0 Å². The molecule has 0 spiro atoms. The van der Waals surface area contributed by atoms with E-state index in [9.17, 15) is 14.0 Å². The van der Waals surface area contributed by atoms with E-state index in [2.05, 4.69) is 20.6 Å². The van der Waals surface area contributed by atoms with Gasteiger partial charge < -0.3 is 16.8 Å². The minimum Gasteiger partial charge on any atom is -0.397 e. The van der Waals surface area contributed by atoms with Crippen LogP contribution in [0.4, 0.5) is 26.1 Å². The molecule has 1 aliphatic rings. The Morgan fingerprint density at radius 2 is 2.00 bits per heavy atom. The van der Waals surface area contributed by atoms with Crippen molar-refractivity contribution in [3.8, 4) is 12.3 Å². The average molecular weight is 375 g/mol. The van der Waals surface area contributed by atoms with Crippen molar-refractivity contribution in [2.45, 2.75) is 6.04 Å². The van der Waals surface area contributed by atoms with Crippen LogP contribution in [0.15, 0.2) is 17.1 Å². The number of nitrogens with zero attached hydrogens (tertiary/aromatic N) is 4. The Labute approximate surface area is 150 Å². The molecule has 0 radical (unpaired) electrons. The maximum Gasteiger partial charge on any atom is 0.211 e. The largest absolute Gasteiger partial charge is 0.397 e. The minimum atomic E-state index is -1.20. The summed E-state index contributed by atoms with van der Waals surface area (Å²) < 4.78 is 27.3.